The second-order valence-corrected chi connectivity index (χ2v) is 14.8. The molecule has 1 saturated heterocycles. The fraction of sp³-hybridized carbons (Fsp3) is 0.261. The third-order valence-electron chi connectivity index (χ3n) is 10.3. The van der Waals surface area contributed by atoms with E-state index in [1.54, 1.807) is 64.2 Å². The second-order valence-electron chi connectivity index (χ2n) is 14.0. The van der Waals surface area contributed by atoms with Gasteiger partial charge in [0.15, 0.2) is 0 Å². The first-order valence-corrected chi connectivity index (χ1v) is 20.5. The van der Waals surface area contributed by atoms with Gasteiger partial charge in [-0.2, -0.15) is 0 Å². The normalized spacial score (nSPS) is 12.8. The molecule has 1 aliphatic heterocycles. The molecule has 61 heavy (non-hydrogen) atoms. The molecule has 0 atom stereocenters. The molecule has 0 radical (unpaired) electrons. The summed E-state index contributed by atoms with van der Waals surface area (Å²) in [6.07, 6.45) is 12.1. The Morgan fingerprint density at radius 2 is 1.30 bits per heavy atom. The van der Waals surface area contributed by atoms with Gasteiger partial charge < -0.3 is 39.6 Å². The van der Waals surface area contributed by atoms with Crippen molar-refractivity contribution in [2.45, 2.75) is 38.5 Å². The number of carbonyl (C=O) groups is 1. The number of aliphatic hydroxyl groups excluding tert-OH is 2. The Labute approximate surface area is 363 Å². The van der Waals surface area contributed by atoms with Crippen molar-refractivity contribution in [1.29, 1.82) is 0 Å². The predicted molar refractivity (Wildman–Crippen MR) is 237 cm³/mol. The van der Waals surface area contributed by atoms with E-state index in [2.05, 4.69) is 57.6 Å². The van der Waals surface area contributed by atoms with Gasteiger partial charge >= 0.3 is 0 Å². The van der Waals surface area contributed by atoms with Crippen LogP contribution in [0.25, 0.3) is 33.4 Å². The van der Waals surface area contributed by atoms with Gasteiger partial charge in [-0.15, -0.1) is 0 Å². The molecule has 15 heteroatoms. The molecule has 7 heterocycles. The molecular formula is C46H49BrN8O6. The fourth-order valence-electron chi connectivity index (χ4n) is 7.06. The van der Waals surface area contributed by atoms with Crippen LogP contribution in [-0.2, 0) is 19.6 Å². The van der Waals surface area contributed by atoms with Gasteiger partial charge in [-0.25, -0.2) is 15.0 Å². The number of piperidine rings is 1. The van der Waals surface area contributed by atoms with E-state index in [9.17, 15) is 4.79 Å². The molecule has 0 spiro atoms. The summed E-state index contributed by atoms with van der Waals surface area (Å²) >= 11 is 3.19. The zero-order valence-electron chi connectivity index (χ0n) is 34.3. The maximum Gasteiger partial charge on any atom is 0.248 e. The number of benzene rings is 1. The van der Waals surface area contributed by atoms with E-state index in [4.69, 9.17) is 35.1 Å². The molecule has 0 unspecified atom stereocenters. The van der Waals surface area contributed by atoms with Crippen molar-refractivity contribution in [3.05, 3.63) is 143 Å². The Balaban J connectivity index is 0.000000189. The van der Waals surface area contributed by atoms with Crippen LogP contribution in [0, 0.1) is 0 Å². The Morgan fingerprint density at radius 3 is 1.84 bits per heavy atom. The third kappa shape index (κ3) is 11.5. The summed E-state index contributed by atoms with van der Waals surface area (Å²) in [6.45, 7) is 2.72. The van der Waals surface area contributed by atoms with Crippen LogP contribution in [0.2, 0.25) is 0 Å². The number of pyridine rings is 5. The highest BCUT2D eigenvalue weighted by Gasteiger charge is 2.22. The van der Waals surface area contributed by atoms with Crippen molar-refractivity contribution in [3.63, 3.8) is 0 Å². The minimum atomic E-state index is -0.388. The summed E-state index contributed by atoms with van der Waals surface area (Å²) in [6, 6.07) is 27.0. The van der Waals surface area contributed by atoms with Crippen molar-refractivity contribution in [2.24, 2.45) is 5.73 Å². The van der Waals surface area contributed by atoms with Gasteiger partial charge in [0.1, 0.15) is 33.2 Å². The molecule has 6 aromatic heterocycles. The molecule has 1 amide bonds. The number of hydrogen-bond acceptors (Lipinski definition) is 12. The lowest BCUT2D eigenvalue weighted by Gasteiger charge is -2.33. The number of aromatic nitrogens is 6. The third-order valence-corrected chi connectivity index (χ3v) is 10.7. The molecular weight excluding hydrogens is 840 g/mol. The minimum absolute atomic E-state index is 0.109. The summed E-state index contributed by atoms with van der Waals surface area (Å²) < 4.78 is 18.6. The monoisotopic (exact) mass is 888 g/mol. The van der Waals surface area contributed by atoms with E-state index in [0.29, 0.717) is 39.1 Å². The zero-order valence-corrected chi connectivity index (χ0v) is 35.9. The number of carbonyl (C=O) groups excluding carboxylic acids is 1. The Bertz CT molecular complexity index is 2500. The van der Waals surface area contributed by atoms with Crippen molar-refractivity contribution >= 4 is 32.7 Å². The summed E-state index contributed by atoms with van der Waals surface area (Å²) in [7, 11) is 4.80. The number of primary amides is 1. The van der Waals surface area contributed by atoms with Gasteiger partial charge in [0.25, 0.3) is 0 Å². The van der Waals surface area contributed by atoms with Crippen molar-refractivity contribution < 1.29 is 29.2 Å². The molecule has 1 aliphatic rings. The first kappa shape index (κ1) is 44.3. The van der Waals surface area contributed by atoms with Gasteiger partial charge in [0.2, 0.25) is 5.91 Å². The molecule has 14 nitrogen and oxygen atoms in total. The lowest BCUT2D eigenvalue weighted by atomic mass is 10.0. The van der Waals surface area contributed by atoms with Gasteiger partial charge in [-0.1, -0.05) is 6.07 Å². The summed E-state index contributed by atoms with van der Waals surface area (Å²) in [5.74, 6) is 1.64. The van der Waals surface area contributed by atoms with Gasteiger partial charge in [-0.05, 0) is 113 Å². The highest BCUT2D eigenvalue weighted by molar-refractivity contribution is 9.10. The van der Waals surface area contributed by atoms with Gasteiger partial charge in [0.05, 0.1) is 51.6 Å². The van der Waals surface area contributed by atoms with Crippen LogP contribution in [0.3, 0.4) is 0 Å². The Hall–Kier alpha value is -6.26. The zero-order chi connectivity index (χ0) is 43.1. The molecule has 0 saturated carbocycles. The minimum Gasteiger partial charge on any atom is -0.495 e. The quantitative estimate of drug-likeness (QED) is 0.106. The average Bonchev–Trinajstić information content (AvgIpc) is 3.75. The number of rotatable bonds is 12. The van der Waals surface area contributed by atoms with Crippen LogP contribution in [0.15, 0.2) is 121 Å². The molecule has 1 aromatic carbocycles. The average molecular weight is 890 g/mol. The van der Waals surface area contributed by atoms with E-state index in [0.717, 1.165) is 83.8 Å². The molecule has 0 aliphatic carbocycles. The fourth-order valence-corrected chi connectivity index (χ4v) is 7.40. The number of hydrogen-bond donors (Lipinski definition) is 3. The van der Waals surface area contributed by atoms with E-state index in [1.807, 2.05) is 60.8 Å². The van der Waals surface area contributed by atoms with Crippen LogP contribution < -0.4 is 19.9 Å². The van der Waals surface area contributed by atoms with Crippen molar-refractivity contribution in [3.8, 4) is 39.8 Å². The second kappa shape index (κ2) is 21.8. The highest BCUT2D eigenvalue weighted by atomic mass is 79.9. The SMILES string of the molecule is COc1ccc(-c2cccnc2)nc1CCN1CCC(n2ccc3ccc(C(N)=O)cc32)CC1.COc1ccc(-c2cccnc2)nc1CO.COc1ccc(Br)nc1CO. The molecule has 316 valence electrons. The highest BCUT2D eigenvalue weighted by Crippen LogP contribution is 2.30. The first-order valence-electron chi connectivity index (χ1n) is 19.7. The van der Waals surface area contributed by atoms with E-state index < -0.39 is 0 Å². The Morgan fingerprint density at radius 1 is 0.738 bits per heavy atom. The maximum absolute atomic E-state index is 11.6. The number of amides is 1. The number of nitrogens with two attached hydrogens (primary N) is 1. The maximum atomic E-state index is 11.6. The van der Waals surface area contributed by atoms with E-state index in [-0.39, 0.29) is 19.1 Å². The molecule has 7 aromatic rings. The Kier molecular flexibility index (Phi) is 15.9. The summed E-state index contributed by atoms with van der Waals surface area (Å²) in [5.41, 5.74) is 12.8. The standard InChI is InChI=1S/C27H29N5O2.C12H12N2O2.C7H8BrNO2/c1-34-26-7-6-23(21-3-2-12-29-18-21)30-24(26)11-15-31-13-9-22(10-14-31)32-16-8-19-4-5-20(27(28)33)17-25(19)32;1-16-12-5-4-10(14-11(12)8-15)9-3-2-6-13-7-9;1-11-6-2-3-7(8)9-5(6)4-10/h2-8,12,16-18,22H,9-11,13-15H2,1H3,(H2,28,33);2-7,15H,8H2,1H3;2-3,10H,4H2,1H3. The first-order chi connectivity index (χ1) is 29.7. The van der Waals surface area contributed by atoms with Gasteiger partial charge in [-0.3, -0.25) is 14.8 Å². The topological polar surface area (TPSA) is 184 Å². The van der Waals surface area contributed by atoms with E-state index in [1.165, 1.54) is 0 Å². The summed E-state index contributed by atoms with van der Waals surface area (Å²) in [5, 5.41) is 19.1. The molecule has 1 fully saturated rings. The molecule has 8 rings (SSSR count). The lowest BCUT2D eigenvalue weighted by molar-refractivity contribution is 0.100. The van der Waals surface area contributed by atoms with Gasteiger partial charge in [0, 0.05) is 85.3 Å². The molecule has 4 N–H and O–H groups in total. The summed E-state index contributed by atoms with van der Waals surface area (Å²) in [4.78, 5) is 35.5. The van der Waals surface area contributed by atoms with Crippen LogP contribution in [0.4, 0.5) is 0 Å². The number of nitrogens with zero attached hydrogens (tertiary/aromatic N) is 7. The number of aliphatic hydroxyl groups is 2. The van der Waals surface area contributed by atoms with Crippen molar-refractivity contribution in [2.75, 3.05) is 41.0 Å². The predicted octanol–water partition coefficient (Wildman–Crippen LogP) is 7.07. The molecule has 0 bridgehead atoms. The van der Waals surface area contributed by atoms with Crippen molar-refractivity contribution in [1.82, 2.24) is 34.4 Å². The number of halogens is 1. The van der Waals surface area contributed by atoms with Crippen LogP contribution in [0.1, 0.15) is 46.3 Å². The number of methoxy groups -OCH3 is 3. The number of fused-ring (bicyclic) bond motifs is 1. The van der Waals surface area contributed by atoms with Crippen LogP contribution in [0.5, 0.6) is 17.2 Å². The van der Waals surface area contributed by atoms with Crippen LogP contribution >= 0.6 is 15.9 Å². The smallest absolute Gasteiger partial charge is 0.248 e. The lowest BCUT2D eigenvalue weighted by Crippen LogP contribution is -2.36. The number of likely N-dealkylation sites (tertiary alicyclic amines) is 1. The van der Waals surface area contributed by atoms with E-state index >= 15 is 0 Å². The number of ether oxygens (including phenoxy) is 3. The largest absolute Gasteiger partial charge is 0.495 e. The van der Waals surface area contributed by atoms with Crippen LogP contribution in [-0.4, -0.2) is 91.5 Å².